The largest absolute Gasteiger partial charge is 0.395 e. The van der Waals surface area contributed by atoms with E-state index in [1.54, 1.807) is 7.05 Å². The van der Waals surface area contributed by atoms with E-state index >= 15 is 0 Å². The molecule has 1 aromatic heterocycles. The van der Waals surface area contributed by atoms with E-state index in [0.29, 0.717) is 5.82 Å². The number of rotatable bonds is 6. The molecule has 0 atom stereocenters. The third-order valence-corrected chi connectivity index (χ3v) is 2.13. The van der Waals surface area contributed by atoms with Gasteiger partial charge in [0.2, 0.25) is 0 Å². The van der Waals surface area contributed by atoms with Crippen LogP contribution in [0.3, 0.4) is 0 Å². The van der Waals surface area contributed by atoms with Crippen molar-refractivity contribution in [3.8, 4) is 0 Å². The normalized spacial score (nSPS) is 10.5. The Morgan fingerprint density at radius 2 is 2.28 bits per heavy atom. The van der Waals surface area contributed by atoms with E-state index in [4.69, 9.17) is 5.11 Å². The molecule has 0 aliphatic heterocycles. The Hall–Kier alpha value is -1.83. The first kappa shape index (κ1) is 14.2. The first-order valence-corrected chi connectivity index (χ1v) is 5.26. The Kier molecular flexibility index (Phi) is 5.37. The fourth-order valence-corrected chi connectivity index (χ4v) is 1.31. The fraction of sp³-hybridized carbons (Fsp3) is 0.500. The number of amides is 1. The molecule has 0 spiro atoms. The van der Waals surface area contributed by atoms with Crippen LogP contribution in [0.15, 0.2) is 12.4 Å². The van der Waals surface area contributed by atoms with Crippen molar-refractivity contribution in [3.05, 3.63) is 18.1 Å². The van der Waals surface area contributed by atoms with Crippen molar-refractivity contribution >= 4 is 11.7 Å². The molecule has 1 amide bonds. The van der Waals surface area contributed by atoms with Gasteiger partial charge in [0.1, 0.15) is 11.5 Å². The van der Waals surface area contributed by atoms with Crippen LogP contribution in [0.2, 0.25) is 0 Å². The maximum Gasteiger partial charge on any atom is 0.274 e. The van der Waals surface area contributed by atoms with Crippen molar-refractivity contribution in [1.29, 1.82) is 0 Å². The van der Waals surface area contributed by atoms with Crippen LogP contribution in [0.4, 0.5) is 14.6 Å². The first-order valence-electron chi connectivity index (χ1n) is 5.26. The van der Waals surface area contributed by atoms with Gasteiger partial charge in [0.15, 0.2) is 0 Å². The molecule has 1 aromatic rings. The monoisotopic (exact) mass is 260 g/mol. The number of nitrogens with one attached hydrogen (secondary N) is 1. The zero-order valence-electron chi connectivity index (χ0n) is 9.81. The number of carbonyl (C=O) groups is 1. The van der Waals surface area contributed by atoms with Gasteiger partial charge >= 0.3 is 0 Å². The molecule has 8 heteroatoms. The maximum absolute atomic E-state index is 12.3. The van der Waals surface area contributed by atoms with Crippen molar-refractivity contribution in [2.45, 2.75) is 6.43 Å². The predicted molar refractivity (Wildman–Crippen MR) is 60.6 cm³/mol. The minimum absolute atomic E-state index is 0.0454. The van der Waals surface area contributed by atoms with E-state index in [0.717, 1.165) is 4.90 Å². The molecule has 6 nitrogen and oxygen atoms in total. The van der Waals surface area contributed by atoms with Gasteiger partial charge in [-0.1, -0.05) is 0 Å². The van der Waals surface area contributed by atoms with Gasteiger partial charge in [0, 0.05) is 13.6 Å². The number of halogens is 2. The number of alkyl halides is 2. The van der Waals surface area contributed by atoms with E-state index in [1.807, 2.05) is 0 Å². The van der Waals surface area contributed by atoms with Gasteiger partial charge in [-0.25, -0.2) is 13.8 Å². The van der Waals surface area contributed by atoms with Gasteiger partial charge in [-0.05, 0) is 0 Å². The van der Waals surface area contributed by atoms with Gasteiger partial charge in [0.05, 0.1) is 25.5 Å². The van der Waals surface area contributed by atoms with Crippen molar-refractivity contribution in [3.63, 3.8) is 0 Å². The number of hydrogen-bond donors (Lipinski definition) is 2. The Labute approximate surface area is 103 Å². The maximum atomic E-state index is 12.3. The average Bonchev–Trinajstić information content (AvgIpc) is 2.37. The molecule has 100 valence electrons. The zero-order chi connectivity index (χ0) is 13.5. The molecule has 0 saturated heterocycles. The molecular weight excluding hydrogens is 246 g/mol. The van der Waals surface area contributed by atoms with Crippen molar-refractivity contribution < 1.29 is 18.7 Å². The third kappa shape index (κ3) is 3.88. The van der Waals surface area contributed by atoms with Crippen LogP contribution in [0.25, 0.3) is 0 Å². The predicted octanol–water partition coefficient (Wildman–Crippen LogP) is 0.218. The fourth-order valence-electron chi connectivity index (χ4n) is 1.31. The summed E-state index contributed by atoms with van der Waals surface area (Å²) in [5.74, 6) is -0.323. The second-order valence-electron chi connectivity index (χ2n) is 3.41. The van der Waals surface area contributed by atoms with Crippen LogP contribution in [0.5, 0.6) is 0 Å². The highest BCUT2D eigenvalue weighted by Gasteiger charge is 2.20. The Balaban J connectivity index is 2.86. The molecule has 0 unspecified atom stereocenters. The summed E-state index contributed by atoms with van der Waals surface area (Å²) >= 11 is 0. The number of carbonyl (C=O) groups excluding carboxylic acids is 1. The summed E-state index contributed by atoms with van der Waals surface area (Å²) in [5.41, 5.74) is -0.0454. The molecule has 0 aliphatic rings. The molecule has 1 rings (SSSR count). The summed E-state index contributed by atoms with van der Waals surface area (Å²) < 4.78 is 24.6. The highest BCUT2D eigenvalue weighted by molar-refractivity contribution is 5.92. The van der Waals surface area contributed by atoms with E-state index < -0.39 is 25.5 Å². The van der Waals surface area contributed by atoms with Crippen LogP contribution in [-0.2, 0) is 0 Å². The van der Waals surface area contributed by atoms with E-state index in [1.165, 1.54) is 12.4 Å². The minimum Gasteiger partial charge on any atom is -0.395 e. The van der Waals surface area contributed by atoms with Gasteiger partial charge in [-0.15, -0.1) is 0 Å². The smallest absolute Gasteiger partial charge is 0.274 e. The number of aromatic nitrogens is 2. The molecule has 0 saturated carbocycles. The second-order valence-corrected chi connectivity index (χ2v) is 3.41. The highest BCUT2D eigenvalue weighted by Crippen LogP contribution is 2.07. The molecule has 0 aromatic carbocycles. The molecule has 1 heterocycles. The number of anilines is 1. The van der Waals surface area contributed by atoms with Crippen LogP contribution in [0.1, 0.15) is 10.5 Å². The summed E-state index contributed by atoms with van der Waals surface area (Å²) in [6.45, 7) is -1.31. The molecular formula is C10H14F2N4O2. The van der Waals surface area contributed by atoms with E-state index in [2.05, 4.69) is 15.3 Å². The Morgan fingerprint density at radius 1 is 1.56 bits per heavy atom. The summed E-state index contributed by atoms with van der Waals surface area (Å²) in [4.78, 5) is 20.4. The summed E-state index contributed by atoms with van der Waals surface area (Å²) in [6.07, 6.45) is -0.0693. The number of nitrogens with zero attached hydrogens (tertiary/aromatic N) is 3. The van der Waals surface area contributed by atoms with Crippen molar-refractivity contribution in [2.24, 2.45) is 0 Å². The average molecular weight is 260 g/mol. The number of aliphatic hydroxyl groups excluding tert-OH is 1. The molecule has 0 fully saturated rings. The quantitative estimate of drug-likeness (QED) is 0.765. The Bertz CT molecular complexity index is 403. The lowest BCUT2D eigenvalue weighted by atomic mass is 10.3. The Morgan fingerprint density at radius 3 is 2.83 bits per heavy atom. The number of aliphatic hydroxyl groups is 1. The van der Waals surface area contributed by atoms with E-state index in [-0.39, 0.29) is 12.2 Å². The molecule has 0 radical (unpaired) electrons. The van der Waals surface area contributed by atoms with Crippen molar-refractivity contribution in [1.82, 2.24) is 14.9 Å². The molecule has 0 aliphatic carbocycles. The standard InChI is InChI=1S/C10H14F2N4O2/c1-13-9-5-14-4-7(15-9)10(18)16(2-3-17)6-8(11)12/h4-5,8,17H,2-3,6H2,1H3,(H,13,15). The SMILES string of the molecule is CNc1cncc(C(=O)N(CCO)CC(F)F)n1. The third-order valence-electron chi connectivity index (χ3n) is 2.13. The molecule has 2 N–H and O–H groups in total. The summed E-state index contributed by atoms with van der Waals surface area (Å²) in [6, 6.07) is 0. The minimum atomic E-state index is -2.67. The van der Waals surface area contributed by atoms with Crippen molar-refractivity contribution in [2.75, 3.05) is 32.1 Å². The molecule has 0 bridgehead atoms. The lowest BCUT2D eigenvalue weighted by Crippen LogP contribution is -2.37. The zero-order valence-corrected chi connectivity index (χ0v) is 9.81. The van der Waals surface area contributed by atoms with Gasteiger partial charge in [-0.2, -0.15) is 0 Å². The second kappa shape index (κ2) is 6.80. The summed E-state index contributed by atoms with van der Waals surface area (Å²) in [5, 5.41) is 11.5. The topological polar surface area (TPSA) is 78.4 Å². The number of hydrogen-bond acceptors (Lipinski definition) is 5. The van der Waals surface area contributed by atoms with Crippen LogP contribution < -0.4 is 5.32 Å². The summed E-state index contributed by atoms with van der Waals surface area (Å²) in [7, 11) is 1.60. The molecule has 18 heavy (non-hydrogen) atoms. The van der Waals surface area contributed by atoms with Crippen LogP contribution in [-0.4, -0.2) is 59.1 Å². The van der Waals surface area contributed by atoms with Crippen LogP contribution in [0, 0.1) is 0 Å². The lowest BCUT2D eigenvalue weighted by molar-refractivity contribution is 0.0504. The van der Waals surface area contributed by atoms with Crippen LogP contribution >= 0.6 is 0 Å². The van der Waals surface area contributed by atoms with Gasteiger partial charge in [0.25, 0.3) is 12.3 Å². The van der Waals surface area contributed by atoms with Gasteiger partial charge < -0.3 is 15.3 Å². The van der Waals surface area contributed by atoms with E-state index in [9.17, 15) is 13.6 Å². The van der Waals surface area contributed by atoms with Gasteiger partial charge in [-0.3, -0.25) is 9.78 Å². The lowest BCUT2D eigenvalue weighted by Gasteiger charge is -2.20. The highest BCUT2D eigenvalue weighted by atomic mass is 19.3. The first-order chi connectivity index (χ1) is 8.58.